The van der Waals surface area contributed by atoms with Crippen LogP contribution in [-0.2, 0) is 6.37 Å². The highest BCUT2D eigenvalue weighted by molar-refractivity contribution is 6.90. The van der Waals surface area contributed by atoms with Gasteiger partial charge >= 0.3 is 0 Å². The van der Waals surface area contributed by atoms with E-state index in [0.717, 1.165) is 22.0 Å². The van der Waals surface area contributed by atoms with Crippen molar-refractivity contribution in [2.24, 2.45) is 5.41 Å². The molecule has 0 spiro atoms. The van der Waals surface area contributed by atoms with Crippen molar-refractivity contribution in [1.82, 2.24) is 4.98 Å². The molecule has 29 heavy (non-hydrogen) atoms. The molecule has 0 radical (unpaired) electrons. The lowest BCUT2D eigenvalue weighted by Crippen LogP contribution is -2.37. The molecule has 0 fully saturated rings. The van der Waals surface area contributed by atoms with E-state index >= 15 is 0 Å². The Morgan fingerprint density at radius 1 is 1.07 bits per heavy atom. The second-order valence-electron chi connectivity index (χ2n) is 8.42. The number of hydrogen-bond donors (Lipinski definition) is 0. The van der Waals surface area contributed by atoms with Crippen molar-refractivity contribution >= 4 is 35.2 Å². The van der Waals surface area contributed by atoms with E-state index in [1.807, 2.05) is 36.4 Å². The van der Waals surface area contributed by atoms with Gasteiger partial charge in [0.15, 0.2) is 0 Å². The van der Waals surface area contributed by atoms with Gasteiger partial charge in [0.05, 0.1) is 13.8 Å². The summed E-state index contributed by atoms with van der Waals surface area (Å²) in [5.41, 5.74) is -2.06. The molecule has 4 aromatic rings. The highest BCUT2D eigenvalue weighted by atomic mass is 28.3. The Kier molecular flexibility index (Phi) is 2.50. The molecule has 0 amide bonds. The van der Waals surface area contributed by atoms with Crippen molar-refractivity contribution in [3.8, 4) is 11.3 Å². The van der Waals surface area contributed by atoms with Gasteiger partial charge in [0, 0.05) is 37.6 Å². The van der Waals surface area contributed by atoms with Gasteiger partial charge in [0.1, 0.15) is 11.2 Å². The van der Waals surface area contributed by atoms with E-state index < -0.39 is 40.4 Å². The topological polar surface area (TPSA) is 26.0 Å². The van der Waals surface area contributed by atoms with Crippen LogP contribution in [0.1, 0.15) is 46.8 Å². The van der Waals surface area contributed by atoms with Gasteiger partial charge in [-0.25, -0.2) is 0 Å². The first kappa shape index (κ1) is 10.6. The average molecular weight is 413 g/mol. The van der Waals surface area contributed by atoms with E-state index in [0.29, 0.717) is 16.7 Å². The summed E-state index contributed by atoms with van der Waals surface area (Å²) in [7, 11) is -1.87. The van der Waals surface area contributed by atoms with Gasteiger partial charge in [-0.2, -0.15) is 0 Å². The number of benzene rings is 2. The quantitative estimate of drug-likeness (QED) is 0.336. The van der Waals surface area contributed by atoms with E-state index in [2.05, 4.69) is 24.6 Å². The number of para-hydroxylation sites is 1. The minimum absolute atomic E-state index is 0.122. The highest BCUT2D eigenvalue weighted by Gasteiger charge is 2.25. The van der Waals surface area contributed by atoms with E-state index in [1.165, 1.54) is 13.1 Å². The summed E-state index contributed by atoms with van der Waals surface area (Å²) in [6.07, 6.45) is -2.11. The molecule has 2 heterocycles. The molecule has 3 heteroatoms. The summed E-state index contributed by atoms with van der Waals surface area (Å²) < 4.78 is 96.6. The van der Waals surface area contributed by atoms with Crippen molar-refractivity contribution in [2.45, 2.75) is 53.5 Å². The van der Waals surface area contributed by atoms with Crippen LogP contribution in [0.25, 0.3) is 33.2 Å². The van der Waals surface area contributed by atoms with Gasteiger partial charge < -0.3 is 4.42 Å². The van der Waals surface area contributed by atoms with Gasteiger partial charge in [-0.1, -0.05) is 64.5 Å². The molecule has 0 aliphatic heterocycles. The van der Waals surface area contributed by atoms with E-state index in [9.17, 15) is 0 Å². The minimum Gasteiger partial charge on any atom is -0.455 e. The molecule has 150 valence electrons. The lowest BCUT2D eigenvalue weighted by molar-refractivity contribution is 0.410. The third kappa shape index (κ3) is 3.64. The van der Waals surface area contributed by atoms with Gasteiger partial charge in [-0.15, -0.1) is 0 Å². The predicted octanol–water partition coefficient (Wildman–Crippen LogP) is 7.09. The fraction of sp³-hybridized carbons (Fsp3) is 0.346. The summed E-state index contributed by atoms with van der Waals surface area (Å²) >= 11 is 0. The van der Waals surface area contributed by atoms with Crippen molar-refractivity contribution in [3.63, 3.8) is 0 Å². The van der Waals surface area contributed by atoms with Crippen LogP contribution in [0.15, 0.2) is 53.1 Å². The zero-order valence-electron chi connectivity index (χ0n) is 28.0. The molecule has 0 atom stereocenters. The van der Waals surface area contributed by atoms with Crippen molar-refractivity contribution < 1.29 is 19.5 Å². The van der Waals surface area contributed by atoms with Gasteiger partial charge in [-0.05, 0) is 53.2 Å². The first-order valence-electron chi connectivity index (χ1n) is 15.0. The lowest BCUT2D eigenvalue weighted by atomic mass is 9.86. The molecule has 0 N–H and O–H groups in total. The number of fused-ring (bicyclic) bond motifs is 3. The molecule has 4 rings (SSSR count). The first-order valence-corrected chi connectivity index (χ1v) is 13.0. The maximum Gasteiger partial charge on any atom is 0.144 e. The first-order chi connectivity index (χ1) is 18.1. The third-order valence-corrected chi connectivity index (χ3v) is 7.15. The monoisotopic (exact) mass is 412 g/mol. The second-order valence-corrected chi connectivity index (χ2v) is 13.5. The zero-order chi connectivity index (χ0) is 30.3. The zero-order valence-corrected chi connectivity index (χ0v) is 18.0. The van der Waals surface area contributed by atoms with Crippen LogP contribution in [0.2, 0.25) is 19.6 Å². The summed E-state index contributed by atoms with van der Waals surface area (Å²) in [6, 6.07) is 12.5. The predicted molar refractivity (Wildman–Crippen MR) is 128 cm³/mol. The Morgan fingerprint density at radius 3 is 2.55 bits per heavy atom. The summed E-state index contributed by atoms with van der Waals surface area (Å²) in [5, 5.41) is 2.96. The normalized spacial score (nSPS) is 20.2. The van der Waals surface area contributed by atoms with E-state index in [-0.39, 0.29) is 16.8 Å². The highest BCUT2D eigenvalue weighted by Crippen LogP contribution is 2.37. The molecule has 2 nitrogen and oxygen atoms in total. The van der Waals surface area contributed by atoms with Gasteiger partial charge in [-0.3, -0.25) is 4.98 Å². The van der Waals surface area contributed by atoms with E-state index in [4.69, 9.17) is 19.5 Å². The molecule has 0 saturated heterocycles. The van der Waals surface area contributed by atoms with Crippen LogP contribution in [0.4, 0.5) is 0 Å². The number of aromatic nitrogens is 1. The number of rotatable bonds is 3. The number of nitrogens with zero attached hydrogens (tertiary/aromatic N) is 1. The van der Waals surface area contributed by atoms with Crippen molar-refractivity contribution in [2.75, 3.05) is 0 Å². The standard InChI is InChI=1S/C26H31NOSi/c1-17-18(16-26(2,3)4)14-15-27-24(17)20-12-13-22(29(5,6)7)23-19-10-8-9-11-21(19)28-25(20)23/h8-15H,16H2,1-7H3/i2D3,3D3,4D3,16D2. The molecule has 0 unspecified atom stereocenters. The summed E-state index contributed by atoms with van der Waals surface area (Å²) in [5.74, 6) is 0. The van der Waals surface area contributed by atoms with Crippen LogP contribution in [0.5, 0.6) is 0 Å². The molecule has 0 saturated carbocycles. The smallest absolute Gasteiger partial charge is 0.144 e. The van der Waals surface area contributed by atoms with Gasteiger partial charge in [0.2, 0.25) is 0 Å². The fourth-order valence-corrected chi connectivity index (χ4v) is 5.37. The third-order valence-electron chi connectivity index (χ3n) is 5.12. The fourth-order valence-electron chi connectivity index (χ4n) is 3.78. The largest absolute Gasteiger partial charge is 0.455 e. The SMILES string of the molecule is [2H]C([2H])([2H])C(C([2H])([2H])[2H])(C([2H])([2H])[2H])C([2H])([2H])c1ccnc(-c2ccc([Si](C)(C)C)c3c2oc2ccccc23)c1C. The van der Waals surface area contributed by atoms with Crippen molar-refractivity contribution in [1.29, 1.82) is 0 Å². The molecular formula is C26H31NOSi. The number of furan rings is 1. The molecule has 2 aromatic carbocycles. The second kappa shape index (κ2) is 6.84. The Morgan fingerprint density at radius 2 is 1.83 bits per heavy atom. The lowest BCUT2D eigenvalue weighted by Gasteiger charge is -2.21. The Labute approximate surface area is 190 Å². The minimum atomic E-state index is -3.72. The van der Waals surface area contributed by atoms with Gasteiger partial charge in [0.25, 0.3) is 0 Å². The maximum atomic E-state index is 8.95. The summed E-state index contributed by atoms with van der Waals surface area (Å²) in [4.78, 5) is 4.47. The Hall–Kier alpha value is -2.39. The van der Waals surface area contributed by atoms with Crippen molar-refractivity contribution in [3.05, 3.63) is 59.8 Å². The Balaban J connectivity index is 2.09. The molecule has 0 aliphatic carbocycles. The number of pyridine rings is 1. The molecular weight excluding hydrogens is 370 g/mol. The molecule has 0 bridgehead atoms. The van der Waals surface area contributed by atoms with Crippen LogP contribution in [0, 0.1) is 12.3 Å². The average Bonchev–Trinajstić information content (AvgIpc) is 3.14. The number of hydrogen-bond acceptors (Lipinski definition) is 2. The molecule has 2 aromatic heterocycles. The van der Waals surface area contributed by atoms with Crippen LogP contribution >= 0.6 is 0 Å². The maximum absolute atomic E-state index is 8.95. The van der Waals surface area contributed by atoms with Crippen LogP contribution < -0.4 is 5.19 Å². The summed E-state index contributed by atoms with van der Waals surface area (Å²) in [6.45, 7) is -3.03. The Bertz CT molecular complexity index is 1560. The van der Waals surface area contributed by atoms with E-state index in [1.54, 1.807) is 0 Å². The van der Waals surface area contributed by atoms with Crippen LogP contribution in [-0.4, -0.2) is 13.1 Å². The molecule has 0 aliphatic rings. The van der Waals surface area contributed by atoms with Crippen LogP contribution in [0.3, 0.4) is 0 Å².